The Morgan fingerprint density at radius 1 is 0.345 bits per heavy atom. The van der Waals surface area contributed by atoms with E-state index < -0.39 is 0 Å². The molecule has 0 saturated heterocycles. The fourth-order valence-electron chi connectivity index (χ4n) is 8.75. The molecule has 11 aromatic rings. The van der Waals surface area contributed by atoms with E-state index in [0.29, 0.717) is 11.4 Å². The molecule has 0 saturated carbocycles. The van der Waals surface area contributed by atoms with E-state index in [1.165, 1.54) is 32.6 Å². The lowest BCUT2D eigenvalue weighted by atomic mass is 10.0. The van der Waals surface area contributed by atoms with Crippen molar-refractivity contribution < 1.29 is 0 Å². The summed E-state index contributed by atoms with van der Waals surface area (Å²) in [5.41, 5.74) is 12.7. The predicted octanol–water partition coefficient (Wildman–Crippen LogP) is 13.7. The lowest BCUT2D eigenvalue weighted by molar-refractivity contribution is 1.16. The molecule has 0 aliphatic carbocycles. The van der Waals surface area contributed by atoms with Crippen molar-refractivity contribution in [3.05, 3.63) is 199 Å². The van der Waals surface area contributed by atoms with Crippen molar-refractivity contribution in [3.63, 3.8) is 0 Å². The molecule has 3 aromatic heterocycles. The van der Waals surface area contributed by atoms with Crippen molar-refractivity contribution >= 4 is 76.8 Å². The fraction of sp³-hybridized carbons (Fsp3) is 0. The first kappa shape index (κ1) is 30.7. The number of hydrogen-bond donors (Lipinski definition) is 0. The smallest absolute Gasteiger partial charge is 0.211 e. The van der Waals surface area contributed by atoms with Crippen LogP contribution >= 0.6 is 0 Å². The third-order valence-electron chi connectivity index (χ3n) is 11.1. The van der Waals surface area contributed by atoms with Crippen LogP contribution in [-0.2, 0) is 0 Å². The molecule has 5 heteroatoms. The standard InChI is InChI=1S/C50H29N5/c1-51-33-25-27-49-41(30-33)39-17-6-10-24-47(39)55(49)50-36(19-12-20-43(50)52-2)32-13-11-14-34(29-32)53-46-23-9-5-18-40(46)42-31-35(26-28-48(42)53)54-44-21-7-3-15-37(44)38-16-4-8-22-45(38)54/h3-31H. The largest absolute Gasteiger partial charge is 0.318 e. The van der Waals surface area contributed by atoms with Crippen LogP contribution in [0.5, 0.6) is 0 Å². The maximum absolute atomic E-state index is 8.29. The number of fused-ring (bicyclic) bond motifs is 9. The normalized spacial score (nSPS) is 11.6. The Kier molecular flexibility index (Phi) is 6.61. The molecular formula is C50H29N5. The molecule has 0 radical (unpaired) electrons. The van der Waals surface area contributed by atoms with Gasteiger partial charge in [0.2, 0.25) is 5.69 Å². The van der Waals surface area contributed by atoms with E-state index in [1.807, 2.05) is 42.5 Å². The van der Waals surface area contributed by atoms with Crippen molar-refractivity contribution in [3.8, 4) is 28.2 Å². The second kappa shape index (κ2) is 11.8. The van der Waals surface area contributed by atoms with Gasteiger partial charge in [-0.2, -0.15) is 0 Å². The third-order valence-corrected chi connectivity index (χ3v) is 11.1. The highest BCUT2D eigenvalue weighted by Gasteiger charge is 2.21. The Morgan fingerprint density at radius 2 is 0.836 bits per heavy atom. The summed E-state index contributed by atoms with van der Waals surface area (Å²) >= 11 is 0. The van der Waals surface area contributed by atoms with Gasteiger partial charge in [-0.05, 0) is 83.2 Å². The van der Waals surface area contributed by atoms with E-state index in [4.69, 9.17) is 13.1 Å². The second-order valence-electron chi connectivity index (χ2n) is 13.9. The first-order valence-electron chi connectivity index (χ1n) is 18.3. The molecule has 0 unspecified atom stereocenters. The summed E-state index contributed by atoms with van der Waals surface area (Å²) in [6, 6.07) is 61.4. The average Bonchev–Trinajstić information content (AvgIpc) is 3.88. The maximum atomic E-state index is 8.29. The highest BCUT2D eigenvalue weighted by molar-refractivity contribution is 6.13. The van der Waals surface area contributed by atoms with Crippen LogP contribution in [0, 0.1) is 13.1 Å². The van der Waals surface area contributed by atoms with Crippen molar-refractivity contribution in [1.29, 1.82) is 0 Å². The van der Waals surface area contributed by atoms with E-state index in [1.54, 1.807) is 0 Å². The van der Waals surface area contributed by atoms with Crippen molar-refractivity contribution in [2.24, 2.45) is 0 Å². The summed E-state index contributed by atoms with van der Waals surface area (Å²) in [6.45, 7) is 16.0. The van der Waals surface area contributed by atoms with E-state index in [2.05, 4.69) is 157 Å². The van der Waals surface area contributed by atoms with Crippen LogP contribution in [0.3, 0.4) is 0 Å². The Hall–Kier alpha value is -7.86. The zero-order valence-electron chi connectivity index (χ0n) is 29.5. The van der Waals surface area contributed by atoms with Gasteiger partial charge in [-0.25, -0.2) is 9.69 Å². The Bertz CT molecular complexity index is 3420. The van der Waals surface area contributed by atoms with E-state index in [-0.39, 0.29) is 0 Å². The van der Waals surface area contributed by atoms with Crippen molar-refractivity contribution in [1.82, 2.24) is 13.7 Å². The molecule has 11 rings (SSSR count). The van der Waals surface area contributed by atoms with Gasteiger partial charge in [0.25, 0.3) is 0 Å². The number of nitrogens with zero attached hydrogens (tertiary/aromatic N) is 5. The third kappa shape index (κ3) is 4.45. The Labute approximate surface area is 316 Å². The average molecular weight is 700 g/mol. The summed E-state index contributed by atoms with van der Waals surface area (Å²) in [7, 11) is 0. The zero-order chi connectivity index (χ0) is 36.6. The maximum Gasteiger partial charge on any atom is 0.211 e. The quantitative estimate of drug-likeness (QED) is 0.163. The number of para-hydroxylation sites is 5. The number of benzene rings is 8. The summed E-state index contributed by atoms with van der Waals surface area (Å²) in [5, 5.41) is 6.90. The van der Waals surface area contributed by atoms with Crippen LogP contribution in [-0.4, -0.2) is 13.7 Å². The molecule has 0 atom stereocenters. The molecule has 254 valence electrons. The molecule has 0 aliphatic heterocycles. The SMILES string of the molecule is [C-]#[N+]c1ccc2c(c1)c1ccccc1n2-c1c([N+]#[C-])cccc1-c1cccc(-n2c3ccccc3c3cc(-n4c5ccccc5c5ccccc54)ccc32)c1. The van der Waals surface area contributed by atoms with Gasteiger partial charge in [0.15, 0.2) is 5.69 Å². The van der Waals surface area contributed by atoms with E-state index >= 15 is 0 Å². The minimum Gasteiger partial charge on any atom is -0.318 e. The molecule has 0 amide bonds. The molecule has 0 spiro atoms. The highest BCUT2D eigenvalue weighted by Crippen LogP contribution is 2.43. The summed E-state index contributed by atoms with van der Waals surface area (Å²) in [5.74, 6) is 0. The monoisotopic (exact) mass is 699 g/mol. The first-order chi connectivity index (χ1) is 27.2. The van der Waals surface area contributed by atoms with Gasteiger partial charge in [-0.1, -0.05) is 109 Å². The Balaban J connectivity index is 1.13. The highest BCUT2D eigenvalue weighted by atomic mass is 15.0. The van der Waals surface area contributed by atoms with Gasteiger partial charge < -0.3 is 13.7 Å². The van der Waals surface area contributed by atoms with Crippen LogP contribution in [0.25, 0.3) is 103 Å². The molecule has 8 aromatic carbocycles. The van der Waals surface area contributed by atoms with Crippen LogP contribution < -0.4 is 0 Å². The van der Waals surface area contributed by atoms with E-state index in [0.717, 1.165) is 61.0 Å². The van der Waals surface area contributed by atoms with Crippen LogP contribution in [0.15, 0.2) is 176 Å². The van der Waals surface area contributed by atoms with Gasteiger partial charge in [-0.3, -0.25) is 0 Å². The van der Waals surface area contributed by atoms with Crippen LogP contribution in [0.1, 0.15) is 0 Å². The molecule has 0 N–H and O–H groups in total. The summed E-state index contributed by atoms with van der Waals surface area (Å²) in [4.78, 5) is 7.77. The molecular weight excluding hydrogens is 671 g/mol. The summed E-state index contributed by atoms with van der Waals surface area (Å²) < 4.78 is 6.93. The van der Waals surface area contributed by atoms with Gasteiger partial charge in [0.05, 0.1) is 51.9 Å². The molecule has 55 heavy (non-hydrogen) atoms. The zero-order valence-corrected chi connectivity index (χ0v) is 29.5. The van der Waals surface area contributed by atoms with Crippen molar-refractivity contribution in [2.75, 3.05) is 0 Å². The first-order valence-corrected chi connectivity index (χ1v) is 18.3. The topological polar surface area (TPSA) is 23.5 Å². The minimum absolute atomic E-state index is 0.564. The number of aromatic nitrogens is 3. The number of rotatable bonds is 4. The molecule has 5 nitrogen and oxygen atoms in total. The second-order valence-corrected chi connectivity index (χ2v) is 13.9. The van der Waals surface area contributed by atoms with E-state index in [9.17, 15) is 0 Å². The predicted molar refractivity (Wildman–Crippen MR) is 227 cm³/mol. The van der Waals surface area contributed by atoms with Crippen molar-refractivity contribution in [2.45, 2.75) is 0 Å². The minimum atomic E-state index is 0.564. The molecule has 0 bridgehead atoms. The Morgan fingerprint density at radius 3 is 1.45 bits per heavy atom. The van der Waals surface area contributed by atoms with Gasteiger partial charge in [-0.15, -0.1) is 0 Å². The van der Waals surface area contributed by atoms with Gasteiger partial charge in [0, 0.05) is 38.3 Å². The molecule has 0 aliphatic rings. The van der Waals surface area contributed by atoms with Gasteiger partial charge in [0.1, 0.15) is 0 Å². The van der Waals surface area contributed by atoms with Crippen LogP contribution in [0.4, 0.5) is 11.4 Å². The van der Waals surface area contributed by atoms with Crippen LogP contribution in [0.2, 0.25) is 0 Å². The van der Waals surface area contributed by atoms with Gasteiger partial charge >= 0.3 is 0 Å². The lowest BCUT2D eigenvalue weighted by Gasteiger charge is -2.17. The summed E-state index contributed by atoms with van der Waals surface area (Å²) in [6.07, 6.45) is 0. The number of hydrogen-bond acceptors (Lipinski definition) is 0. The fourth-order valence-corrected chi connectivity index (χ4v) is 8.75. The molecule has 3 heterocycles. The molecule has 0 fully saturated rings. The lowest BCUT2D eigenvalue weighted by Crippen LogP contribution is -1.99.